The van der Waals surface area contributed by atoms with E-state index in [9.17, 15) is 4.79 Å². The van der Waals surface area contributed by atoms with Gasteiger partial charge in [-0.05, 0) is 13.3 Å². The van der Waals surface area contributed by atoms with Gasteiger partial charge in [-0.2, -0.15) is 9.36 Å². The Kier molecular flexibility index (Phi) is 6.21. The molecule has 2 heterocycles. The molecule has 1 aliphatic rings. The van der Waals surface area contributed by atoms with E-state index >= 15 is 0 Å². The lowest BCUT2D eigenvalue weighted by Gasteiger charge is -2.33. The van der Waals surface area contributed by atoms with Crippen molar-refractivity contribution in [1.29, 1.82) is 0 Å². The minimum Gasteiger partial charge on any atom is -0.314 e. The number of rotatable bonds is 6. The molecule has 0 radical (unpaired) electrons. The third kappa shape index (κ3) is 4.69. The molecule has 1 aromatic heterocycles. The molecular formula is C12H21N5OS2. The number of thioether (sulfide) groups is 1. The molecule has 112 valence electrons. The van der Waals surface area contributed by atoms with E-state index in [0.29, 0.717) is 17.7 Å². The number of nitrogens with zero attached hydrogens (tertiary/aromatic N) is 3. The van der Waals surface area contributed by atoms with Crippen molar-refractivity contribution in [2.45, 2.75) is 31.5 Å². The number of nitrogens with one attached hydrogen (secondary N) is 2. The van der Waals surface area contributed by atoms with E-state index in [1.165, 1.54) is 11.5 Å². The predicted octanol–water partition coefficient (Wildman–Crippen LogP) is 1.27. The van der Waals surface area contributed by atoms with Crippen LogP contribution in [-0.2, 0) is 4.79 Å². The molecule has 0 saturated carbocycles. The molecule has 1 amide bonds. The molecule has 8 heteroatoms. The van der Waals surface area contributed by atoms with E-state index in [2.05, 4.69) is 38.7 Å². The van der Waals surface area contributed by atoms with Crippen LogP contribution >= 0.6 is 23.3 Å². The molecule has 1 fully saturated rings. The lowest BCUT2D eigenvalue weighted by molar-refractivity contribution is -0.118. The van der Waals surface area contributed by atoms with Crippen molar-refractivity contribution < 1.29 is 4.79 Å². The maximum Gasteiger partial charge on any atom is 0.240 e. The summed E-state index contributed by atoms with van der Waals surface area (Å²) in [6.45, 7) is 7.45. The van der Waals surface area contributed by atoms with E-state index in [1.807, 2.05) is 0 Å². The maximum absolute atomic E-state index is 12.0. The molecule has 0 aliphatic carbocycles. The standard InChI is InChI=1S/C12H21N5OS2/c1-3-6-19-12-15-11(20-16-12)14-10(18)8-17-5-4-13-7-9(17)2/h9,13H,3-8H2,1-2H3,(H,14,15,16,18)/t9-/m1/s1. The molecule has 1 aromatic rings. The lowest BCUT2D eigenvalue weighted by atomic mass is 10.2. The van der Waals surface area contributed by atoms with E-state index in [4.69, 9.17) is 0 Å². The molecule has 1 saturated heterocycles. The second-order valence-corrected chi connectivity index (χ2v) is 6.62. The van der Waals surface area contributed by atoms with E-state index in [1.54, 1.807) is 11.8 Å². The van der Waals surface area contributed by atoms with Crippen LogP contribution in [0.4, 0.5) is 5.13 Å². The monoisotopic (exact) mass is 315 g/mol. The highest BCUT2D eigenvalue weighted by Crippen LogP contribution is 2.20. The zero-order valence-electron chi connectivity index (χ0n) is 11.9. The molecule has 2 N–H and O–H groups in total. The summed E-state index contributed by atoms with van der Waals surface area (Å²) in [7, 11) is 0. The van der Waals surface area contributed by atoms with Gasteiger partial charge in [-0.3, -0.25) is 15.0 Å². The Hall–Kier alpha value is -0.700. The summed E-state index contributed by atoms with van der Waals surface area (Å²) < 4.78 is 4.22. The number of anilines is 1. The van der Waals surface area contributed by atoms with Crippen LogP contribution in [0.1, 0.15) is 20.3 Å². The van der Waals surface area contributed by atoms with Crippen LogP contribution in [0.2, 0.25) is 0 Å². The van der Waals surface area contributed by atoms with Crippen LogP contribution in [0.15, 0.2) is 5.16 Å². The van der Waals surface area contributed by atoms with E-state index < -0.39 is 0 Å². The highest BCUT2D eigenvalue weighted by molar-refractivity contribution is 7.99. The highest BCUT2D eigenvalue weighted by atomic mass is 32.2. The van der Waals surface area contributed by atoms with Gasteiger partial charge in [0.25, 0.3) is 0 Å². The molecular weight excluding hydrogens is 294 g/mol. The predicted molar refractivity (Wildman–Crippen MR) is 83.5 cm³/mol. The fourth-order valence-electron chi connectivity index (χ4n) is 1.97. The van der Waals surface area contributed by atoms with Crippen LogP contribution in [0.5, 0.6) is 0 Å². The first kappa shape index (κ1) is 15.7. The van der Waals surface area contributed by atoms with E-state index in [0.717, 1.165) is 37.0 Å². The van der Waals surface area contributed by atoms with Crippen LogP contribution in [-0.4, -0.2) is 58.1 Å². The number of amides is 1. The second-order valence-electron chi connectivity index (χ2n) is 4.80. The van der Waals surface area contributed by atoms with Crippen LogP contribution in [0.25, 0.3) is 0 Å². The van der Waals surface area contributed by atoms with Crippen molar-refractivity contribution in [3.05, 3.63) is 0 Å². The third-order valence-electron chi connectivity index (χ3n) is 3.07. The van der Waals surface area contributed by atoms with Crippen LogP contribution in [0, 0.1) is 0 Å². The van der Waals surface area contributed by atoms with Gasteiger partial charge in [-0.25, -0.2) is 0 Å². The molecule has 0 unspecified atom stereocenters. The molecule has 0 aromatic carbocycles. The Balaban J connectivity index is 1.80. The Labute approximate surface area is 127 Å². The van der Waals surface area contributed by atoms with Crippen molar-refractivity contribution in [1.82, 2.24) is 19.6 Å². The Morgan fingerprint density at radius 1 is 1.65 bits per heavy atom. The van der Waals surface area contributed by atoms with Crippen molar-refractivity contribution >= 4 is 34.3 Å². The molecule has 2 rings (SSSR count). The zero-order chi connectivity index (χ0) is 14.4. The largest absolute Gasteiger partial charge is 0.314 e. The van der Waals surface area contributed by atoms with Gasteiger partial charge in [0.05, 0.1) is 6.54 Å². The summed E-state index contributed by atoms with van der Waals surface area (Å²) >= 11 is 2.87. The average molecular weight is 315 g/mol. The summed E-state index contributed by atoms with van der Waals surface area (Å²) in [5, 5.41) is 7.50. The minimum atomic E-state index is -0.0121. The molecule has 0 spiro atoms. The quantitative estimate of drug-likeness (QED) is 0.771. The number of piperazine rings is 1. The van der Waals surface area contributed by atoms with Gasteiger partial charge in [0.1, 0.15) is 0 Å². The van der Waals surface area contributed by atoms with Gasteiger partial charge in [-0.15, -0.1) is 0 Å². The first-order chi connectivity index (χ1) is 9.69. The first-order valence-corrected chi connectivity index (χ1v) is 8.66. The number of hydrogen-bond donors (Lipinski definition) is 2. The fourth-order valence-corrected chi connectivity index (χ4v) is 3.39. The first-order valence-electron chi connectivity index (χ1n) is 6.90. The van der Waals surface area contributed by atoms with Crippen molar-refractivity contribution in [3.8, 4) is 0 Å². The molecule has 1 atom stereocenters. The molecule has 1 aliphatic heterocycles. The van der Waals surface area contributed by atoms with Gasteiger partial charge in [0, 0.05) is 43.0 Å². The SMILES string of the molecule is CCCSc1nsc(NC(=O)CN2CCNC[C@H]2C)n1. The smallest absolute Gasteiger partial charge is 0.240 e. The van der Waals surface area contributed by atoms with Crippen LogP contribution in [0.3, 0.4) is 0 Å². The molecule has 20 heavy (non-hydrogen) atoms. The summed E-state index contributed by atoms with van der Waals surface area (Å²) in [5.41, 5.74) is 0. The number of hydrogen-bond acceptors (Lipinski definition) is 7. The topological polar surface area (TPSA) is 70.2 Å². The highest BCUT2D eigenvalue weighted by Gasteiger charge is 2.20. The minimum absolute atomic E-state index is 0.0121. The van der Waals surface area contributed by atoms with Crippen molar-refractivity contribution in [2.24, 2.45) is 0 Å². The van der Waals surface area contributed by atoms with Gasteiger partial charge < -0.3 is 5.32 Å². The van der Waals surface area contributed by atoms with Gasteiger partial charge in [-0.1, -0.05) is 18.7 Å². The van der Waals surface area contributed by atoms with Gasteiger partial charge in [0.2, 0.25) is 16.2 Å². The van der Waals surface area contributed by atoms with Crippen molar-refractivity contribution in [2.75, 3.05) is 37.2 Å². The average Bonchev–Trinajstić information content (AvgIpc) is 2.86. The molecule has 6 nitrogen and oxygen atoms in total. The summed E-state index contributed by atoms with van der Waals surface area (Å²) in [6.07, 6.45) is 1.09. The van der Waals surface area contributed by atoms with Crippen molar-refractivity contribution in [3.63, 3.8) is 0 Å². The normalized spacial score (nSPS) is 20.0. The van der Waals surface area contributed by atoms with Crippen LogP contribution < -0.4 is 10.6 Å². The third-order valence-corrected chi connectivity index (χ3v) is 4.87. The zero-order valence-corrected chi connectivity index (χ0v) is 13.5. The summed E-state index contributed by atoms with van der Waals surface area (Å²) in [5.74, 6) is 0.990. The number of carbonyl (C=O) groups is 1. The molecule has 0 bridgehead atoms. The Bertz CT molecular complexity index is 439. The Morgan fingerprint density at radius 3 is 3.25 bits per heavy atom. The second kappa shape index (κ2) is 7.92. The number of aromatic nitrogens is 2. The fraction of sp³-hybridized carbons (Fsp3) is 0.750. The summed E-state index contributed by atoms with van der Waals surface area (Å²) in [4.78, 5) is 18.5. The lowest BCUT2D eigenvalue weighted by Crippen LogP contribution is -2.51. The Morgan fingerprint density at radius 2 is 2.50 bits per heavy atom. The van der Waals surface area contributed by atoms with E-state index in [-0.39, 0.29) is 5.91 Å². The maximum atomic E-state index is 12.0. The number of carbonyl (C=O) groups excluding carboxylic acids is 1. The van der Waals surface area contributed by atoms with Gasteiger partial charge in [0.15, 0.2) is 0 Å². The summed E-state index contributed by atoms with van der Waals surface area (Å²) in [6, 6.07) is 0.389. The van der Waals surface area contributed by atoms with Gasteiger partial charge >= 0.3 is 0 Å².